The van der Waals surface area contributed by atoms with Gasteiger partial charge in [-0.2, -0.15) is 0 Å². The summed E-state index contributed by atoms with van der Waals surface area (Å²) in [6, 6.07) is 7.51. The molecule has 0 aromatic carbocycles. The van der Waals surface area contributed by atoms with Gasteiger partial charge in [0.2, 0.25) is 5.91 Å². The van der Waals surface area contributed by atoms with Crippen molar-refractivity contribution in [2.45, 2.75) is 39.8 Å². The molecular formula is C21H32N4O3. The first-order valence-corrected chi connectivity index (χ1v) is 9.88. The zero-order valence-corrected chi connectivity index (χ0v) is 17.4. The molecule has 0 spiro atoms. The van der Waals surface area contributed by atoms with E-state index in [9.17, 15) is 9.59 Å². The van der Waals surface area contributed by atoms with Gasteiger partial charge in [-0.1, -0.05) is 13.8 Å². The lowest BCUT2D eigenvalue weighted by molar-refractivity contribution is -0.131. The largest absolute Gasteiger partial charge is 0.454 e. The van der Waals surface area contributed by atoms with E-state index in [2.05, 4.69) is 16.8 Å². The van der Waals surface area contributed by atoms with Crippen LogP contribution in [-0.2, 0) is 17.9 Å². The van der Waals surface area contributed by atoms with Gasteiger partial charge in [-0.05, 0) is 44.8 Å². The number of hydrogen-bond donors (Lipinski definition) is 1. The molecule has 0 saturated carbocycles. The van der Waals surface area contributed by atoms with Gasteiger partial charge in [0.15, 0.2) is 5.76 Å². The van der Waals surface area contributed by atoms with Gasteiger partial charge in [0.1, 0.15) is 5.76 Å². The highest BCUT2D eigenvalue weighted by atomic mass is 16.4. The Bertz CT molecular complexity index is 763. The smallest absolute Gasteiger partial charge is 0.287 e. The molecule has 7 nitrogen and oxygen atoms in total. The lowest BCUT2D eigenvalue weighted by atomic mass is 10.3. The second-order valence-corrected chi connectivity index (χ2v) is 7.12. The predicted molar refractivity (Wildman–Crippen MR) is 109 cm³/mol. The highest BCUT2D eigenvalue weighted by molar-refractivity contribution is 5.91. The van der Waals surface area contributed by atoms with E-state index in [-0.39, 0.29) is 11.8 Å². The van der Waals surface area contributed by atoms with Crippen LogP contribution in [0.1, 0.15) is 48.7 Å². The maximum atomic E-state index is 12.2. The van der Waals surface area contributed by atoms with Crippen LogP contribution in [0.2, 0.25) is 0 Å². The molecule has 28 heavy (non-hydrogen) atoms. The Labute approximate surface area is 167 Å². The first kappa shape index (κ1) is 21.8. The van der Waals surface area contributed by atoms with Crippen molar-refractivity contribution in [2.24, 2.45) is 0 Å². The van der Waals surface area contributed by atoms with Crippen molar-refractivity contribution in [2.75, 3.05) is 33.7 Å². The first-order valence-electron chi connectivity index (χ1n) is 9.88. The standard InChI is InChI=1S/C21H32N4O3/c1-5-12-25(20(26)6-2)15-17-8-7-13-24(17)16-18-9-10-19(28-18)21(27)22-11-14-23(3)4/h7-10,13H,5-6,11-12,14-16H2,1-4H3,(H,22,27). The van der Waals surface area contributed by atoms with Crippen molar-refractivity contribution in [1.82, 2.24) is 19.7 Å². The summed E-state index contributed by atoms with van der Waals surface area (Å²) < 4.78 is 7.78. The molecule has 2 heterocycles. The van der Waals surface area contributed by atoms with Gasteiger partial charge in [-0.25, -0.2) is 0 Å². The fraction of sp³-hybridized carbons (Fsp3) is 0.524. The molecule has 0 aliphatic heterocycles. The van der Waals surface area contributed by atoms with Gasteiger partial charge in [-0.15, -0.1) is 0 Å². The van der Waals surface area contributed by atoms with Crippen molar-refractivity contribution in [1.29, 1.82) is 0 Å². The molecule has 1 N–H and O–H groups in total. The van der Waals surface area contributed by atoms with E-state index in [0.717, 1.165) is 25.2 Å². The fourth-order valence-corrected chi connectivity index (χ4v) is 2.96. The summed E-state index contributed by atoms with van der Waals surface area (Å²) in [5, 5.41) is 2.85. The number of amides is 2. The highest BCUT2D eigenvalue weighted by Gasteiger charge is 2.15. The van der Waals surface area contributed by atoms with E-state index in [0.29, 0.717) is 37.6 Å². The summed E-state index contributed by atoms with van der Waals surface area (Å²) in [5.74, 6) is 0.975. The van der Waals surface area contributed by atoms with Crippen LogP contribution in [-0.4, -0.2) is 59.9 Å². The third-order valence-corrected chi connectivity index (χ3v) is 4.48. The van der Waals surface area contributed by atoms with Gasteiger partial charge in [0, 0.05) is 37.9 Å². The van der Waals surface area contributed by atoms with Crippen LogP contribution in [0, 0.1) is 0 Å². The van der Waals surface area contributed by atoms with Gasteiger partial charge in [-0.3, -0.25) is 9.59 Å². The van der Waals surface area contributed by atoms with Crippen molar-refractivity contribution in [3.63, 3.8) is 0 Å². The van der Waals surface area contributed by atoms with Crippen LogP contribution in [0.25, 0.3) is 0 Å². The average molecular weight is 389 g/mol. The lowest BCUT2D eigenvalue weighted by Gasteiger charge is -2.22. The van der Waals surface area contributed by atoms with Crippen LogP contribution in [0.5, 0.6) is 0 Å². The zero-order chi connectivity index (χ0) is 20.5. The second-order valence-electron chi connectivity index (χ2n) is 7.12. The molecule has 0 aliphatic rings. The number of nitrogens with zero attached hydrogens (tertiary/aromatic N) is 3. The van der Waals surface area contributed by atoms with E-state index in [1.54, 1.807) is 6.07 Å². The molecule has 0 atom stereocenters. The Balaban J connectivity index is 2.00. The molecule has 2 rings (SSSR count). The quantitative estimate of drug-likeness (QED) is 0.642. The number of carbonyl (C=O) groups excluding carboxylic acids is 2. The van der Waals surface area contributed by atoms with Crippen molar-refractivity contribution in [3.05, 3.63) is 47.7 Å². The Hall–Kier alpha value is -2.54. The zero-order valence-electron chi connectivity index (χ0n) is 17.4. The number of hydrogen-bond acceptors (Lipinski definition) is 4. The average Bonchev–Trinajstić information content (AvgIpc) is 3.30. The van der Waals surface area contributed by atoms with Crippen LogP contribution >= 0.6 is 0 Å². The lowest BCUT2D eigenvalue weighted by Crippen LogP contribution is -2.31. The third-order valence-electron chi connectivity index (χ3n) is 4.48. The van der Waals surface area contributed by atoms with Gasteiger partial charge >= 0.3 is 0 Å². The summed E-state index contributed by atoms with van der Waals surface area (Å²) in [7, 11) is 3.92. The van der Waals surface area contributed by atoms with Gasteiger partial charge in [0.05, 0.1) is 13.1 Å². The van der Waals surface area contributed by atoms with Gasteiger partial charge in [0.25, 0.3) is 5.91 Å². The van der Waals surface area contributed by atoms with Crippen LogP contribution in [0.4, 0.5) is 0 Å². The van der Waals surface area contributed by atoms with E-state index in [4.69, 9.17) is 4.42 Å². The summed E-state index contributed by atoms with van der Waals surface area (Å²) in [4.78, 5) is 28.2. The predicted octanol–water partition coefficient (Wildman–Crippen LogP) is 2.57. The van der Waals surface area contributed by atoms with Crippen molar-refractivity contribution >= 4 is 11.8 Å². The second kappa shape index (κ2) is 10.7. The molecule has 0 bridgehead atoms. The monoisotopic (exact) mass is 388 g/mol. The number of likely N-dealkylation sites (N-methyl/N-ethyl adjacent to an activating group) is 1. The molecule has 0 aliphatic carbocycles. The molecule has 0 fully saturated rings. The topological polar surface area (TPSA) is 70.7 Å². The third kappa shape index (κ3) is 6.27. The Morgan fingerprint density at radius 3 is 2.61 bits per heavy atom. The maximum Gasteiger partial charge on any atom is 0.287 e. The minimum atomic E-state index is -0.205. The summed E-state index contributed by atoms with van der Waals surface area (Å²) in [6.45, 7) is 7.15. The Morgan fingerprint density at radius 2 is 1.93 bits per heavy atom. The van der Waals surface area contributed by atoms with E-state index in [1.807, 2.05) is 55.2 Å². The molecule has 2 aromatic rings. The van der Waals surface area contributed by atoms with Gasteiger partial charge < -0.3 is 24.1 Å². The SMILES string of the molecule is CCCN(Cc1cccn1Cc1ccc(C(=O)NCCN(C)C)o1)C(=O)CC. The molecule has 2 amide bonds. The van der Waals surface area contributed by atoms with Crippen LogP contribution in [0.3, 0.4) is 0 Å². The molecule has 7 heteroatoms. The molecule has 0 saturated heterocycles. The van der Waals surface area contributed by atoms with Crippen molar-refractivity contribution < 1.29 is 14.0 Å². The van der Waals surface area contributed by atoms with E-state index in [1.165, 1.54) is 0 Å². The minimum absolute atomic E-state index is 0.157. The molecule has 2 aromatic heterocycles. The van der Waals surface area contributed by atoms with E-state index >= 15 is 0 Å². The fourth-order valence-electron chi connectivity index (χ4n) is 2.96. The summed E-state index contributed by atoms with van der Waals surface area (Å²) >= 11 is 0. The molecule has 0 unspecified atom stereocenters. The van der Waals surface area contributed by atoms with Crippen molar-refractivity contribution in [3.8, 4) is 0 Å². The number of nitrogens with one attached hydrogen (secondary N) is 1. The summed E-state index contributed by atoms with van der Waals surface area (Å²) in [6.07, 6.45) is 3.40. The number of rotatable bonds is 11. The molecule has 154 valence electrons. The molecular weight excluding hydrogens is 356 g/mol. The number of carbonyl (C=O) groups is 2. The van der Waals surface area contributed by atoms with Crippen LogP contribution < -0.4 is 5.32 Å². The van der Waals surface area contributed by atoms with Crippen LogP contribution in [0.15, 0.2) is 34.9 Å². The Morgan fingerprint density at radius 1 is 1.14 bits per heavy atom. The first-order chi connectivity index (χ1) is 13.4. The van der Waals surface area contributed by atoms with E-state index < -0.39 is 0 Å². The molecule has 0 radical (unpaired) electrons. The number of aromatic nitrogens is 1. The normalized spacial score (nSPS) is 11.0. The number of furan rings is 1. The highest BCUT2D eigenvalue weighted by Crippen LogP contribution is 2.14. The Kier molecular flexibility index (Phi) is 8.32. The summed E-state index contributed by atoms with van der Waals surface area (Å²) in [5.41, 5.74) is 1.05. The minimum Gasteiger partial charge on any atom is -0.454 e. The maximum absolute atomic E-state index is 12.2.